The van der Waals surface area contributed by atoms with Crippen LogP contribution >= 0.6 is 11.3 Å². The fraction of sp³-hybridized carbons (Fsp3) is 0.176. The minimum Gasteiger partial charge on any atom is -0.317 e. The Labute approximate surface area is 128 Å². The minimum absolute atomic E-state index is 0.747. The van der Waals surface area contributed by atoms with Gasteiger partial charge in [0.05, 0.1) is 5.69 Å². The van der Waals surface area contributed by atoms with Crippen LogP contribution in [0.4, 0.5) is 5.82 Å². The van der Waals surface area contributed by atoms with E-state index >= 15 is 0 Å². The van der Waals surface area contributed by atoms with Gasteiger partial charge in [0, 0.05) is 18.1 Å². The molecule has 0 atom stereocenters. The fourth-order valence-electron chi connectivity index (χ4n) is 2.20. The van der Waals surface area contributed by atoms with Crippen molar-refractivity contribution in [3.05, 3.63) is 64.4 Å². The van der Waals surface area contributed by atoms with E-state index in [-0.39, 0.29) is 0 Å². The van der Waals surface area contributed by atoms with Gasteiger partial charge >= 0.3 is 0 Å². The van der Waals surface area contributed by atoms with Gasteiger partial charge in [-0.25, -0.2) is 9.98 Å². The molecule has 2 aromatic heterocycles. The fourth-order valence-corrected chi connectivity index (χ4v) is 3.18. The lowest BCUT2D eigenvalue weighted by Crippen LogP contribution is -2.14. The second-order valence-corrected chi connectivity index (χ2v) is 5.65. The second-order valence-electron chi connectivity index (χ2n) is 4.81. The highest BCUT2D eigenvalue weighted by atomic mass is 32.1. The molecule has 0 unspecified atom stereocenters. The van der Waals surface area contributed by atoms with Crippen molar-refractivity contribution in [2.75, 3.05) is 0 Å². The zero-order chi connectivity index (χ0) is 14.7. The number of benzene rings is 1. The first-order valence-electron chi connectivity index (χ1n) is 6.99. The second kappa shape index (κ2) is 6.06. The molecule has 0 N–H and O–H groups in total. The molecular weight excluding hydrogens is 278 g/mol. The van der Waals surface area contributed by atoms with E-state index in [1.165, 1.54) is 16.8 Å². The van der Waals surface area contributed by atoms with Crippen LogP contribution in [-0.2, 0) is 6.54 Å². The lowest BCUT2D eigenvalue weighted by molar-refractivity contribution is 0.744. The van der Waals surface area contributed by atoms with E-state index in [0.717, 1.165) is 17.2 Å². The van der Waals surface area contributed by atoms with Crippen molar-refractivity contribution < 1.29 is 0 Å². The lowest BCUT2D eigenvalue weighted by atomic mass is 10.1. The van der Waals surface area contributed by atoms with Crippen molar-refractivity contribution in [1.82, 2.24) is 9.55 Å². The Bertz CT molecular complexity index is 783. The summed E-state index contributed by atoms with van der Waals surface area (Å²) in [5.74, 6) is 0.747. The first-order chi connectivity index (χ1) is 10.3. The Morgan fingerprint density at radius 2 is 1.95 bits per heavy atom. The van der Waals surface area contributed by atoms with Gasteiger partial charge < -0.3 is 4.57 Å². The van der Waals surface area contributed by atoms with Crippen molar-refractivity contribution in [2.24, 2.45) is 4.99 Å². The Hall–Kier alpha value is -2.20. The topological polar surface area (TPSA) is 30.2 Å². The summed E-state index contributed by atoms with van der Waals surface area (Å²) in [6.07, 6.45) is 1.77. The molecular formula is C17H17N3S. The third kappa shape index (κ3) is 2.95. The Morgan fingerprint density at radius 3 is 2.62 bits per heavy atom. The summed E-state index contributed by atoms with van der Waals surface area (Å²) in [6, 6.07) is 14.4. The number of aryl methyl sites for hydroxylation is 1. The molecule has 0 bridgehead atoms. The number of thiazole rings is 1. The molecule has 0 saturated heterocycles. The number of pyridine rings is 1. The van der Waals surface area contributed by atoms with Gasteiger partial charge in [-0.15, -0.1) is 11.3 Å². The molecule has 3 aromatic rings. The summed E-state index contributed by atoms with van der Waals surface area (Å²) in [5.41, 5.74) is 3.70. The largest absolute Gasteiger partial charge is 0.317 e. The van der Waals surface area contributed by atoms with Gasteiger partial charge in [-0.1, -0.05) is 35.9 Å². The number of hydrogen-bond donors (Lipinski definition) is 0. The number of rotatable bonds is 3. The molecule has 3 nitrogen and oxygen atoms in total. The van der Waals surface area contributed by atoms with E-state index in [1.54, 1.807) is 17.5 Å². The molecule has 0 radical (unpaired) electrons. The lowest BCUT2D eigenvalue weighted by Gasteiger charge is -2.06. The Morgan fingerprint density at radius 1 is 1.14 bits per heavy atom. The van der Waals surface area contributed by atoms with Crippen molar-refractivity contribution in [3.63, 3.8) is 0 Å². The maximum absolute atomic E-state index is 4.65. The Kier molecular flexibility index (Phi) is 3.97. The van der Waals surface area contributed by atoms with Crippen LogP contribution in [0.15, 0.2) is 59.0 Å². The van der Waals surface area contributed by atoms with E-state index in [1.807, 2.05) is 18.2 Å². The number of nitrogens with zero attached hydrogens (tertiary/aromatic N) is 3. The standard InChI is InChI=1S/C17H17N3S/c1-3-20-15(14-9-7-13(2)8-10-14)12-21-17(20)19-16-6-4-5-11-18-16/h4-12H,3H2,1-2H3/b19-17-. The smallest absolute Gasteiger partial charge is 0.191 e. The first-order valence-corrected chi connectivity index (χ1v) is 7.87. The van der Waals surface area contributed by atoms with Gasteiger partial charge in [0.15, 0.2) is 10.6 Å². The van der Waals surface area contributed by atoms with Crippen molar-refractivity contribution >= 4 is 17.2 Å². The van der Waals surface area contributed by atoms with Crippen LogP contribution in [0.1, 0.15) is 12.5 Å². The van der Waals surface area contributed by atoms with Crippen LogP contribution in [-0.4, -0.2) is 9.55 Å². The van der Waals surface area contributed by atoms with Crippen LogP contribution in [0.5, 0.6) is 0 Å². The van der Waals surface area contributed by atoms with Crippen LogP contribution < -0.4 is 4.80 Å². The monoisotopic (exact) mass is 295 g/mol. The summed E-state index contributed by atoms with van der Waals surface area (Å²) in [5, 5.41) is 2.16. The highest BCUT2D eigenvalue weighted by Gasteiger charge is 2.06. The third-order valence-electron chi connectivity index (χ3n) is 3.32. The quantitative estimate of drug-likeness (QED) is 0.713. The maximum atomic E-state index is 4.65. The van der Waals surface area contributed by atoms with Gasteiger partial charge in [0.2, 0.25) is 0 Å². The number of aromatic nitrogens is 2. The predicted octanol–water partition coefficient (Wildman–Crippen LogP) is 4.17. The van der Waals surface area contributed by atoms with Gasteiger partial charge in [0.25, 0.3) is 0 Å². The van der Waals surface area contributed by atoms with Gasteiger partial charge in [-0.05, 0) is 31.5 Å². The minimum atomic E-state index is 0.747. The van der Waals surface area contributed by atoms with Gasteiger partial charge in [0.1, 0.15) is 0 Å². The molecule has 0 saturated carbocycles. The molecule has 2 heterocycles. The van der Waals surface area contributed by atoms with Gasteiger partial charge in [-0.2, -0.15) is 0 Å². The average molecular weight is 295 g/mol. The molecule has 0 amide bonds. The van der Waals surface area contributed by atoms with Crippen LogP contribution in [0.2, 0.25) is 0 Å². The highest BCUT2D eigenvalue weighted by Crippen LogP contribution is 2.21. The number of hydrogen-bond acceptors (Lipinski definition) is 3. The third-order valence-corrected chi connectivity index (χ3v) is 4.18. The molecule has 3 rings (SSSR count). The van der Waals surface area contributed by atoms with Crippen molar-refractivity contribution in [2.45, 2.75) is 20.4 Å². The van der Waals surface area contributed by atoms with Crippen molar-refractivity contribution in [1.29, 1.82) is 0 Å². The predicted molar refractivity (Wildman–Crippen MR) is 87.6 cm³/mol. The molecule has 4 heteroatoms. The summed E-state index contributed by atoms with van der Waals surface area (Å²) < 4.78 is 2.23. The molecule has 0 aliphatic heterocycles. The van der Waals surface area contributed by atoms with Gasteiger partial charge in [-0.3, -0.25) is 0 Å². The first kappa shape index (κ1) is 13.8. The van der Waals surface area contributed by atoms with Crippen LogP contribution in [0.3, 0.4) is 0 Å². The molecule has 0 aliphatic rings. The summed E-state index contributed by atoms with van der Waals surface area (Å²) in [7, 11) is 0. The molecule has 0 aliphatic carbocycles. The van der Waals surface area contributed by atoms with E-state index in [2.05, 4.69) is 58.0 Å². The highest BCUT2D eigenvalue weighted by molar-refractivity contribution is 7.07. The zero-order valence-corrected chi connectivity index (χ0v) is 13.0. The summed E-state index contributed by atoms with van der Waals surface area (Å²) >= 11 is 1.65. The molecule has 106 valence electrons. The molecule has 0 spiro atoms. The normalized spacial score (nSPS) is 11.8. The van der Waals surface area contributed by atoms with E-state index in [9.17, 15) is 0 Å². The van der Waals surface area contributed by atoms with Crippen molar-refractivity contribution in [3.8, 4) is 11.3 Å². The van der Waals surface area contributed by atoms with E-state index in [0.29, 0.717) is 0 Å². The molecule has 21 heavy (non-hydrogen) atoms. The average Bonchev–Trinajstić information content (AvgIpc) is 2.92. The molecule has 1 aromatic carbocycles. The molecule has 0 fully saturated rings. The van der Waals surface area contributed by atoms with Crippen LogP contribution in [0.25, 0.3) is 11.3 Å². The summed E-state index contributed by atoms with van der Waals surface area (Å²) in [6.45, 7) is 5.13. The SMILES string of the molecule is CCn1c(-c2ccc(C)cc2)cs/c1=N\c1ccccn1. The van der Waals surface area contributed by atoms with E-state index in [4.69, 9.17) is 0 Å². The Balaban J connectivity index is 2.09. The summed E-state index contributed by atoms with van der Waals surface area (Å²) in [4.78, 5) is 9.89. The van der Waals surface area contributed by atoms with E-state index < -0.39 is 0 Å². The zero-order valence-electron chi connectivity index (χ0n) is 12.2. The van der Waals surface area contributed by atoms with Crippen LogP contribution in [0, 0.1) is 6.92 Å². The maximum Gasteiger partial charge on any atom is 0.191 e.